The molecular weight excluding hydrogens is 252 g/mol. The number of cyclic esters (lactones) is 2. The van der Waals surface area contributed by atoms with Crippen molar-refractivity contribution in [1.29, 1.82) is 0 Å². The van der Waals surface area contributed by atoms with Gasteiger partial charge in [-0.15, -0.1) is 0 Å². The van der Waals surface area contributed by atoms with Crippen LogP contribution in [0.4, 0.5) is 4.79 Å². The average molecular weight is 274 g/mol. The molecule has 0 N–H and O–H groups in total. The van der Waals surface area contributed by atoms with Gasteiger partial charge < -0.3 is 18.6 Å². The molecule has 0 aromatic carbocycles. The zero-order valence-electron chi connectivity index (χ0n) is 10.8. The molecule has 0 bridgehead atoms. The third kappa shape index (κ3) is 4.95. The molecule has 2 rings (SSSR count). The summed E-state index contributed by atoms with van der Waals surface area (Å²) in [5.41, 5.74) is 0. The van der Waals surface area contributed by atoms with E-state index >= 15 is 0 Å². The number of hydrogen-bond donors (Lipinski definition) is 0. The van der Waals surface area contributed by atoms with Gasteiger partial charge in [0, 0.05) is 13.2 Å². The summed E-state index contributed by atoms with van der Waals surface area (Å²) in [5, 5.41) is 0. The molecule has 0 aliphatic carbocycles. The summed E-state index contributed by atoms with van der Waals surface area (Å²) in [5.74, 6) is 0. The second-order valence-corrected chi connectivity index (χ2v) is 7.59. The van der Waals surface area contributed by atoms with Crippen LogP contribution in [0.3, 0.4) is 0 Å². The van der Waals surface area contributed by atoms with Crippen molar-refractivity contribution in [3.05, 3.63) is 0 Å². The lowest BCUT2D eigenvalue weighted by Crippen LogP contribution is -2.23. The minimum atomic E-state index is -0.853. The Hall–Kier alpha value is -0.593. The zero-order chi connectivity index (χ0) is 12.6. The van der Waals surface area contributed by atoms with Crippen LogP contribution in [0.2, 0.25) is 12.1 Å². The van der Waals surface area contributed by atoms with E-state index in [0.29, 0.717) is 13.2 Å². The van der Waals surface area contributed by atoms with E-state index in [1.807, 2.05) is 0 Å². The summed E-state index contributed by atoms with van der Waals surface area (Å²) >= 11 is 0. The topological polar surface area (TPSA) is 54.0 Å². The minimum absolute atomic E-state index is 0.214. The van der Waals surface area contributed by atoms with E-state index in [0.717, 1.165) is 19.6 Å². The monoisotopic (exact) mass is 274 g/mol. The fourth-order valence-electron chi connectivity index (χ4n) is 2.27. The minimum Gasteiger partial charge on any atom is -0.430 e. The van der Waals surface area contributed by atoms with Crippen molar-refractivity contribution in [3.8, 4) is 0 Å². The largest absolute Gasteiger partial charge is 0.508 e. The highest BCUT2D eigenvalue weighted by Crippen LogP contribution is 2.16. The smallest absolute Gasteiger partial charge is 0.430 e. The highest BCUT2D eigenvalue weighted by atomic mass is 28.3. The van der Waals surface area contributed by atoms with Gasteiger partial charge in [-0.3, -0.25) is 0 Å². The second kappa shape index (κ2) is 7.76. The maximum Gasteiger partial charge on any atom is 0.508 e. The van der Waals surface area contributed by atoms with Gasteiger partial charge in [-0.05, 0) is 24.9 Å². The van der Waals surface area contributed by atoms with E-state index in [-0.39, 0.29) is 6.10 Å². The molecule has 2 aliphatic heterocycles. The Morgan fingerprint density at radius 3 is 3.00 bits per heavy atom. The summed E-state index contributed by atoms with van der Waals surface area (Å²) in [6.07, 6.45) is 4.07. The number of unbranched alkanes of at least 4 members (excludes halogenated alkanes) is 1. The van der Waals surface area contributed by atoms with E-state index in [2.05, 4.69) is 4.74 Å². The van der Waals surface area contributed by atoms with E-state index < -0.39 is 15.2 Å². The van der Waals surface area contributed by atoms with Crippen LogP contribution in [-0.2, 0) is 18.6 Å². The van der Waals surface area contributed by atoms with Gasteiger partial charge in [0.1, 0.15) is 6.61 Å². The van der Waals surface area contributed by atoms with Crippen LogP contribution < -0.4 is 0 Å². The van der Waals surface area contributed by atoms with Crippen molar-refractivity contribution in [2.75, 3.05) is 26.4 Å². The van der Waals surface area contributed by atoms with Crippen molar-refractivity contribution < 1.29 is 23.4 Å². The molecule has 0 amide bonds. The second-order valence-electron chi connectivity index (χ2n) is 4.86. The van der Waals surface area contributed by atoms with Gasteiger partial charge in [-0.2, -0.15) is 0 Å². The van der Waals surface area contributed by atoms with Crippen LogP contribution in [0.15, 0.2) is 0 Å². The van der Waals surface area contributed by atoms with Gasteiger partial charge in [0.25, 0.3) is 0 Å². The lowest BCUT2D eigenvalue weighted by molar-refractivity contribution is 0.0447. The molecule has 2 saturated heterocycles. The van der Waals surface area contributed by atoms with Crippen molar-refractivity contribution in [2.45, 2.75) is 43.9 Å². The van der Waals surface area contributed by atoms with Crippen LogP contribution in [0.1, 0.15) is 25.7 Å². The molecule has 0 aromatic heterocycles. The lowest BCUT2D eigenvalue weighted by Gasteiger charge is -2.20. The number of hydrogen-bond acceptors (Lipinski definition) is 5. The summed E-state index contributed by atoms with van der Waals surface area (Å²) < 4.78 is 20.8. The summed E-state index contributed by atoms with van der Waals surface area (Å²) in [6, 6.07) is 2.61. The number of ether oxygens (including phenoxy) is 3. The molecule has 0 radical (unpaired) electrons. The maximum atomic E-state index is 10.7. The van der Waals surface area contributed by atoms with Crippen LogP contribution in [0.25, 0.3) is 0 Å². The molecule has 0 saturated carbocycles. The van der Waals surface area contributed by atoms with E-state index in [1.54, 1.807) is 0 Å². The first-order valence-electron chi connectivity index (χ1n) is 6.87. The van der Waals surface area contributed by atoms with Crippen LogP contribution in [0.5, 0.6) is 0 Å². The van der Waals surface area contributed by atoms with Gasteiger partial charge in [-0.1, -0.05) is 12.8 Å². The summed E-state index contributed by atoms with van der Waals surface area (Å²) in [4.78, 5) is 10.7. The van der Waals surface area contributed by atoms with Crippen LogP contribution in [-0.4, -0.2) is 47.7 Å². The number of carbonyl (C=O) groups excluding carboxylic acids is 1. The highest BCUT2D eigenvalue weighted by molar-refractivity contribution is 6.51. The fraction of sp³-hybridized carbons (Fsp3) is 0.917. The lowest BCUT2D eigenvalue weighted by atomic mass is 10.3. The van der Waals surface area contributed by atoms with E-state index in [1.165, 1.54) is 31.4 Å². The number of rotatable bonds is 7. The Kier molecular flexibility index (Phi) is 5.96. The molecule has 2 fully saturated rings. The first kappa shape index (κ1) is 13.8. The SMILES string of the molecule is O=C1OCC(COCCCC[SiH]2CCCCO2)O1. The van der Waals surface area contributed by atoms with Gasteiger partial charge >= 0.3 is 6.16 Å². The molecule has 2 atom stereocenters. The molecule has 2 aliphatic rings. The van der Waals surface area contributed by atoms with E-state index in [4.69, 9.17) is 13.9 Å². The van der Waals surface area contributed by atoms with Crippen LogP contribution in [0, 0.1) is 0 Å². The first-order valence-corrected chi connectivity index (χ1v) is 8.98. The Balaban J connectivity index is 1.40. The standard InChI is InChI=1S/C12H22O5Si/c13-12-15-10-11(17-12)9-14-5-1-3-7-18-8-4-2-6-16-18/h11,18H,1-10H2. The Morgan fingerprint density at radius 1 is 1.33 bits per heavy atom. The molecule has 2 unspecified atom stereocenters. The summed E-state index contributed by atoms with van der Waals surface area (Å²) in [7, 11) is -0.853. The van der Waals surface area contributed by atoms with Crippen molar-refractivity contribution in [1.82, 2.24) is 0 Å². The fourth-order valence-corrected chi connectivity index (χ4v) is 4.88. The predicted molar refractivity (Wildman–Crippen MR) is 68.2 cm³/mol. The molecule has 6 heteroatoms. The van der Waals surface area contributed by atoms with Crippen molar-refractivity contribution in [2.24, 2.45) is 0 Å². The zero-order valence-corrected chi connectivity index (χ0v) is 11.9. The van der Waals surface area contributed by atoms with Crippen molar-refractivity contribution >= 4 is 15.2 Å². The van der Waals surface area contributed by atoms with E-state index in [9.17, 15) is 4.79 Å². The third-order valence-corrected chi connectivity index (χ3v) is 6.10. The van der Waals surface area contributed by atoms with Gasteiger partial charge in [0.2, 0.25) is 0 Å². The molecule has 2 heterocycles. The van der Waals surface area contributed by atoms with Crippen molar-refractivity contribution in [3.63, 3.8) is 0 Å². The normalized spacial score (nSPS) is 27.9. The average Bonchev–Trinajstić information content (AvgIpc) is 2.81. The Labute approximate surface area is 109 Å². The maximum absolute atomic E-state index is 10.7. The Morgan fingerprint density at radius 2 is 2.28 bits per heavy atom. The highest BCUT2D eigenvalue weighted by Gasteiger charge is 2.24. The number of carbonyl (C=O) groups is 1. The molecule has 18 heavy (non-hydrogen) atoms. The molecule has 0 aromatic rings. The quantitative estimate of drug-likeness (QED) is 0.403. The summed E-state index contributed by atoms with van der Waals surface area (Å²) in [6.45, 7) is 2.49. The molecule has 104 valence electrons. The van der Waals surface area contributed by atoms with Gasteiger partial charge in [0.15, 0.2) is 15.1 Å². The third-order valence-electron chi connectivity index (χ3n) is 3.29. The molecule has 0 spiro atoms. The van der Waals surface area contributed by atoms with Gasteiger partial charge in [0.05, 0.1) is 6.61 Å². The first-order chi connectivity index (χ1) is 8.84. The Bertz CT molecular complexity index is 255. The van der Waals surface area contributed by atoms with Crippen LogP contribution >= 0.6 is 0 Å². The van der Waals surface area contributed by atoms with Gasteiger partial charge in [-0.25, -0.2) is 4.79 Å². The molecule has 5 nitrogen and oxygen atoms in total. The molecular formula is C12H22O5Si. The predicted octanol–water partition coefficient (Wildman–Crippen LogP) is 1.85.